The van der Waals surface area contributed by atoms with Crippen LogP contribution < -0.4 is 5.32 Å². The van der Waals surface area contributed by atoms with E-state index < -0.39 is 0 Å². The van der Waals surface area contributed by atoms with E-state index in [1.54, 1.807) is 12.4 Å². The Labute approximate surface area is 169 Å². The van der Waals surface area contributed by atoms with Crippen molar-refractivity contribution in [3.8, 4) is 11.4 Å². The van der Waals surface area contributed by atoms with Gasteiger partial charge in [0.1, 0.15) is 0 Å². The number of amides is 1. The Morgan fingerprint density at radius 2 is 1.82 bits per heavy atom. The molecule has 1 aromatic carbocycles. The third-order valence-corrected chi connectivity index (χ3v) is 5.66. The number of nitrogens with one attached hydrogen (secondary N) is 1. The molecule has 0 saturated heterocycles. The van der Waals surface area contributed by atoms with Crippen LogP contribution in [0.25, 0.3) is 11.4 Å². The molecule has 1 N–H and O–H groups in total. The second kappa shape index (κ2) is 9.50. The van der Waals surface area contributed by atoms with Gasteiger partial charge in [-0.3, -0.25) is 9.78 Å². The average Bonchev–Trinajstić information content (AvgIpc) is 3.08. The van der Waals surface area contributed by atoms with E-state index in [9.17, 15) is 4.79 Å². The maximum Gasteiger partial charge on any atom is 0.233 e. The van der Waals surface area contributed by atoms with Crippen molar-refractivity contribution < 1.29 is 4.79 Å². The maximum atomic E-state index is 12.6. The number of carbonyl (C=O) groups excluding carboxylic acids is 1. The van der Waals surface area contributed by atoms with Crippen molar-refractivity contribution in [3.63, 3.8) is 0 Å². The number of benzene rings is 1. The predicted octanol–water partition coefficient (Wildman–Crippen LogP) is 3.50. The summed E-state index contributed by atoms with van der Waals surface area (Å²) >= 11 is 1.41. The fraction of sp³-hybridized carbons (Fsp3) is 0.333. The lowest BCUT2D eigenvalue weighted by Gasteiger charge is -2.17. The van der Waals surface area contributed by atoms with Crippen molar-refractivity contribution in [3.05, 3.63) is 60.4 Å². The number of thioether (sulfide) groups is 1. The first-order valence-corrected chi connectivity index (χ1v) is 10.2. The quantitative estimate of drug-likeness (QED) is 0.591. The van der Waals surface area contributed by atoms with Gasteiger partial charge in [-0.05, 0) is 44.4 Å². The summed E-state index contributed by atoms with van der Waals surface area (Å²) in [6, 6.07) is 14.2. The summed E-state index contributed by atoms with van der Waals surface area (Å²) in [6.45, 7) is 3.94. The van der Waals surface area contributed by atoms with Gasteiger partial charge in [0.05, 0.1) is 5.25 Å². The highest BCUT2D eigenvalue weighted by Gasteiger charge is 2.20. The molecule has 6 nitrogen and oxygen atoms in total. The Morgan fingerprint density at radius 1 is 1.11 bits per heavy atom. The van der Waals surface area contributed by atoms with Gasteiger partial charge in [0, 0.05) is 31.0 Å². The second-order valence-electron chi connectivity index (χ2n) is 6.80. The molecule has 0 bridgehead atoms. The van der Waals surface area contributed by atoms with E-state index >= 15 is 0 Å². The zero-order chi connectivity index (χ0) is 19.9. The van der Waals surface area contributed by atoms with Crippen LogP contribution in [0.4, 0.5) is 0 Å². The van der Waals surface area contributed by atoms with Crippen LogP contribution in [-0.2, 0) is 18.3 Å². The Kier molecular flexibility index (Phi) is 6.81. The molecule has 2 heterocycles. The van der Waals surface area contributed by atoms with E-state index in [-0.39, 0.29) is 17.2 Å². The van der Waals surface area contributed by atoms with Gasteiger partial charge in [0.2, 0.25) is 5.91 Å². The molecule has 0 saturated carbocycles. The predicted molar refractivity (Wildman–Crippen MR) is 112 cm³/mol. The van der Waals surface area contributed by atoms with E-state index in [1.165, 1.54) is 17.3 Å². The van der Waals surface area contributed by atoms with Crippen molar-refractivity contribution in [2.45, 2.75) is 43.1 Å². The summed E-state index contributed by atoms with van der Waals surface area (Å²) in [6.07, 6.45) is 5.30. The number of aromatic nitrogens is 4. The molecule has 146 valence electrons. The highest BCUT2D eigenvalue weighted by molar-refractivity contribution is 8.00. The van der Waals surface area contributed by atoms with Crippen molar-refractivity contribution in [1.29, 1.82) is 0 Å². The molecular formula is C21H25N5OS. The van der Waals surface area contributed by atoms with Crippen LogP contribution >= 0.6 is 11.8 Å². The van der Waals surface area contributed by atoms with Crippen molar-refractivity contribution >= 4 is 17.7 Å². The molecule has 0 spiro atoms. The lowest BCUT2D eigenvalue weighted by atomic mass is 10.1. The van der Waals surface area contributed by atoms with Gasteiger partial charge in [-0.2, -0.15) is 0 Å². The molecule has 0 aliphatic carbocycles. The Balaban J connectivity index is 1.53. The second-order valence-corrected chi connectivity index (χ2v) is 8.10. The SMILES string of the molecule is C[C@H](CCc1ccccc1)NC(=O)[C@H](C)Sc1nnc(-c2ccncc2)n1C. The minimum atomic E-state index is -0.257. The lowest BCUT2D eigenvalue weighted by molar-refractivity contribution is -0.120. The molecule has 0 aliphatic heterocycles. The van der Waals surface area contributed by atoms with Crippen LogP contribution in [0.3, 0.4) is 0 Å². The zero-order valence-corrected chi connectivity index (χ0v) is 17.2. The topological polar surface area (TPSA) is 72.7 Å². The summed E-state index contributed by atoms with van der Waals surface area (Å²) in [5.41, 5.74) is 2.23. The van der Waals surface area contributed by atoms with Crippen molar-refractivity contribution in [2.24, 2.45) is 7.05 Å². The van der Waals surface area contributed by atoms with E-state index in [2.05, 4.69) is 32.6 Å². The Hall–Kier alpha value is -2.67. The van der Waals surface area contributed by atoms with Crippen LogP contribution in [0.1, 0.15) is 25.8 Å². The van der Waals surface area contributed by atoms with Crippen LogP contribution in [-0.4, -0.2) is 36.9 Å². The third kappa shape index (κ3) is 5.19. The number of pyridine rings is 1. The zero-order valence-electron chi connectivity index (χ0n) is 16.4. The molecule has 28 heavy (non-hydrogen) atoms. The monoisotopic (exact) mass is 395 g/mol. The van der Waals surface area contributed by atoms with Crippen molar-refractivity contribution in [2.75, 3.05) is 0 Å². The maximum absolute atomic E-state index is 12.6. The highest BCUT2D eigenvalue weighted by Crippen LogP contribution is 2.25. The van der Waals surface area contributed by atoms with Gasteiger partial charge in [0.15, 0.2) is 11.0 Å². The Bertz CT molecular complexity index is 898. The fourth-order valence-electron chi connectivity index (χ4n) is 2.84. The summed E-state index contributed by atoms with van der Waals surface area (Å²) < 4.78 is 1.91. The largest absolute Gasteiger partial charge is 0.353 e. The molecule has 0 unspecified atom stereocenters. The first-order valence-electron chi connectivity index (χ1n) is 9.35. The molecule has 1 amide bonds. The fourth-order valence-corrected chi connectivity index (χ4v) is 3.67. The molecule has 7 heteroatoms. The third-order valence-electron chi connectivity index (χ3n) is 4.52. The molecule has 3 aromatic rings. The first kappa shape index (κ1) is 20.1. The standard InChI is InChI=1S/C21H25N5OS/c1-15(9-10-17-7-5-4-6-8-17)23-20(27)16(2)28-21-25-24-19(26(21)3)18-11-13-22-14-12-18/h4-8,11-16H,9-10H2,1-3H3,(H,23,27)/t15-,16+/m1/s1. The van der Waals surface area contributed by atoms with Crippen LogP contribution in [0.5, 0.6) is 0 Å². The number of carbonyl (C=O) groups is 1. The summed E-state index contributed by atoms with van der Waals surface area (Å²) in [4.78, 5) is 16.6. The molecule has 3 rings (SSSR count). The van der Waals surface area contributed by atoms with Gasteiger partial charge in [0.25, 0.3) is 0 Å². The number of hydrogen-bond donors (Lipinski definition) is 1. The molecule has 0 radical (unpaired) electrons. The summed E-state index contributed by atoms with van der Waals surface area (Å²) in [7, 11) is 1.91. The van der Waals surface area contributed by atoms with Gasteiger partial charge >= 0.3 is 0 Å². The van der Waals surface area contributed by atoms with Crippen LogP contribution in [0, 0.1) is 0 Å². The first-order chi connectivity index (χ1) is 13.5. The minimum Gasteiger partial charge on any atom is -0.353 e. The lowest BCUT2D eigenvalue weighted by Crippen LogP contribution is -2.38. The van der Waals surface area contributed by atoms with Crippen LogP contribution in [0.2, 0.25) is 0 Å². The van der Waals surface area contributed by atoms with Crippen molar-refractivity contribution in [1.82, 2.24) is 25.1 Å². The van der Waals surface area contributed by atoms with E-state index in [0.29, 0.717) is 5.16 Å². The summed E-state index contributed by atoms with van der Waals surface area (Å²) in [5.74, 6) is 0.771. The minimum absolute atomic E-state index is 0.0130. The molecule has 2 aromatic heterocycles. The summed E-state index contributed by atoms with van der Waals surface area (Å²) in [5, 5.41) is 12.1. The number of rotatable bonds is 8. The highest BCUT2D eigenvalue weighted by atomic mass is 32.2. The van der Waals surface area contributed by atoms with E-state index in [4.69, 9.17) is 0 Å². The average molecular weight is 396 g/mol. The number of aryl methyl sites for hydroxylation is 1. The Morgan fingerprint density at radius 3 is 2.54 bits per heavy atom. The normalized spacial score (nSPS) is 13.1. The van der Waals surface area contributed by atoms with Gasteiger partial charge < -0.3 is 9.88 Å². The molecular weight excluding hydrogens is 370 g/mol. The molecule has 0 fully saturated rings. The van der Waals surface area contributed by atoms with Gasteiger partial charge in [-0.1, -0.05) is 42.1 Å². The smallest absolute Gasteiger partial charge is 0.233 e. The number of hydrogen-bond acceptors (Lipinski definition) is 5. The van der Waals surface area contributed by atoms with E-state index in [1.807, 2.05) is 55.8 Å². The van der Waals surface area contributed by atoms with Gasteiger partial charge in [-0.25, -0.2) is 0 Å². The van der Waals surface area contributed by atoms with Gasteiger partial charge in [-0.15, -0.1) is 10.2 Å². The molecule has 0 aliphatic rings. The van der Waals surface area contributed by atoms with E-state index in [0.717, 1.165) is 24.2 Å². The molecule has 2 atom stereocenters. The number of nitrogens with zero attached hydrogens (tertiary/aromatic N) is 4. The van der Waals surface area contributed by atoms with Crippen LogP contribution in [0.15, 0.2) is 60.0 Å².